The van der Waals surface area contributed by atoms with Crippen LogP contribution in [0.3, 0.4) is 0 Å². The van der Waals surface area contributed by atoms with Gasteiger partial charge in [0.1, 0.15) is 18.1 Å². The van der Waals surface area contributed by atoms with Crippen molar-refractivity contribution < 1.29 is 0 Å². The van der Waals surface area contributed by atoms with Crippen LogP contribution in [0.1, 0.15) is 12.0 Å². The summed E-state index contributed by atoms with van der Waals surface area (Å²) in [5.41, 5.74) is 0.333. The normalized spacial score (nSPS) is 13.5. The molecule has 0 spiro atoms. The number of hydrogen-bond acceptors (Lipinski definition) is 3. The van der Waals surface area contributed by atoms with Crippen molar-refractivity contribution in [2.24, 2.45) is 0 Å². The molecule has 0 bridgehead atoms. The molecule has 18 heavy (non-hydrogen) atoms. The van der Waals surface area contributed by atoms with Gasteiger partial charge in [-0.25, -0.2) is 4.98 Å². The smallest absolute Gasteiger partial charge is 0.137 e. The Morgan fingerprint density at radius 3 is 2.72 bits per heavy atom. The van der Waals surface area contributed by atoms with Crippen LogP contribution in [-0.4, -0.2) is 14.8 Å². The summed E-state index contributed by atoms with van der Waals surface area (Å²) in [5.74, 6) is 0. The predicted molar refractivity (Wildman–Crippen MR) is 68.6 cm³/mol. The molecule has 1 heterocycles. The first kappa shape index (κ1) is 12.1. The first-order valence-corrected chi connectivity index (χ1v) is 5.71. The van der Waals surface area contributed by atoms with Gasteiger partial charge in [0.15, 0.2) is 0 Å². The van der Waals surface area contributed by atoms with Gasteiger partial charge in [-0.15, -0.1) is 6.58 Å². The van der Waals surface area contributed by atoms with Crippen molar-refractivity contribution in [2.45, 2.75) is 18.4 Å². The summed E-state index contributed by atoms with van der Waals surface area (Å²) >= 11 is 0. The van der Waals surface area contributed by atoms with E-state index in [-0.39, 0.29) is 0 Å². The summed E-state index contributed by atoms with van der Waals surface area (Å²) in [6.07, 6.45) is 5.44. The van der Waals surface area contributed by atoms with Gasteiger partial charge in [0.05, 0.1) is 12.6 Å². The van der Waals surface area contributed by atoms with Crippen LogP contribution in [0.15, 0.2) is 55.6 Å². The molecule has 1 unspecified atom stereocenters. The van der Waals surface area contributed by atoms with E-state index >= 15 is 0 Å². The molecule has 0 saturated heterocycles. The SMILES string of the molecule is C=CCC(C#N)(Cn1cncn1)c1ccccc1. The largest absolute Gasteiger partial charge is 0.251 e. The summed E-state index contributed by atoms with van der Waals surface area (Å²) < 4.78 is 1.68. The Hall–Kier alpha value is -2.41. The van der Waals surface area contributed by atoms with Gasteiger partial charge in [-0.2, -0.15) is 10.4 Å². The fourth-order valence-electron chi connectivity index (χ4n) is 2.01. The monoisotopic (exact) mass is 238 g/mol. The second-order valence-electron chi connectivity index (χ2n) is 4.15. The molecule has 0 N–H and O–H groups in total. The van der Waals surface area contributed by atoms with Crippen molar-refractivity contribution in [3.8, 4) is 6.07 Å². The summed E-state index contributed by atoms with van der Waals surface area (Å²) in [6, 6.07) is 12.1. The van der Waals surface area contributed by atoms with Gasteiger partial charge in [-0.3, -0.25) is 4.68 Å². The number of aromatic nitrogens is 3. The Balaban J connectivity index is 2.40. The van der Waals surface area contributed by atoms with Crippen LogP contribution in [0.25, 0.3) is 0 Å². The van der Waals surface area contributed by atoms with E-state index < -0.39 is 5.41 Å². The lowest BCUT2D eigenvalue weighted by Crippen LogP contribution is -2.30. The molecular formula is C14H14N4. The second kappa shape index (κ2) is 5.28. The molecule has 2 rings (SSSR count). The molecule has 0 saturated carbocycles. The third kappa shape index (κ3) is 2.30. The lowest BCUT2D eigenvalue weighted by atomic mass is 9.79. The molecule has 4 nitrogen and oxygen atoms in total. The Kier molecular flexibility index (Phi) is 3.54. The highest BCUT2D eigenvalue weighted by Gasteiger charge is 2.31. The van der Waals surface area contributed by atoms with E-state index in [9.17, 15) is 5.26 Å². The van der Waals surface area contributed by atoms with Crippen molar-refractivity contribution in [1.29, 1.82) is 5.26 Å². The highest BCUT2D eigenvalue weighted by atomic mass is 15.3. The van der Waals surface area contributed by atoms with Gasteiger partial charge in [-0.1, -0.05) is 36.4 Å². The van der Waals surface area contributed by atoms with Crippen LogP contribution >= 0.6 is 0 Å². The number of rotatable bonds is 5. The Morgan fingerprint density at radius 1 is 1.39 bits per heavy atom. The minimum absolute atomic E-state index is 0.472. The summed E-state index contributed by atoms with van der Waals surface area (Å²) in [7, 11) is 0. The zero-order valence-corrected chi connectivity index (χ0v) is 10.0. The molecule has 1 aromatic carbocycles. The highest BCUT2D eigenvalue weighted by Crippen LogP contribution is 2.29. The summed E-state index contributed by atoms with van der Waals surface area (Å²) in [5, 5.41) is 13.7. The van der Waals surface area contributed by atoms with E-state index in [1.807, 2.05) is 30.3 Å². The molecule has 90 valence electrons. The molecule has 1 atom stereocenters. The molecule has 0 amide bonds. The third-order valence-corrected chi connectivity index (χ3v) is 2.93. The van der Waals surface area contributed by atoms with Crippen LogP contribution < -0.4 is 0 Å². The quantitative estimate of drug-likeness (QED) is 0.751. The lowest BCUT2D eigenvalue weighted by Gasteiger charge is -2.25. The van der Waals surface area contributed by atoms with E-state index in [4.69, 9.17) is 0 Å². The van der Waals surface area contributed by atoms with Gasteiger partial charge in [0, 0.05) is 0 Å². The molecule has 1 aromatic heterocycles. The minimum atomic E-state index is -0.642. The maximum Gasteiger partial charge on any atom is 0.137 e. The van der Waals surface area contributed by atoms with Crippen LogP contribution in [0.2, 0.25) is 0 Å². The topological polar surface area (TPSA) is 54.5 Å². The first-order chi connectivity index (χ1) is 8.80. The van der Waals surface area contributed by atoms with Gasteiger partial charge in [-0.05, 0) is 12.0 Å². The molecular weight excluding hydrogens is 224 g/mol. The Morgan fingerprint density at radius 2 is 2.17 bits per heavy atom. The summed E-state index contributed by atoms with van der Waals surface area (Å²) in [4.78, 5) is 3.91. The van der Waals surface area contributed by atoms with Crippen LogP contribution in [-0.2, 0) is 12.0 Å². The number of nitriles is 1. The average molecular weight is 238 g/mol. The first-order valence-electron chi connectivity index (χ1n) is 5.71. The van der Waals surface area contributed by atoms with Gasteiger partial charge in [0.25, 0.3) is 0 Å². The Bertz CT molecular complexity index is 539. The fourth-order valence-corrected chi connectivity index (χ4v) is 2.01. The number of hydrogen-bond donors (Lipinski definition) is 0. The molecule has 2 aromatic rings. The maximum absolute atomic E-state index is 9.60. The minimum Gasteiger partial charge on any atom is -0.251 e. The molecule has 0 fully saturated rings. The van der Waals surface area contributed by atoms with Crippen molar-refractivity contribution in [2.75, 3.05) is 0 Å². The van der Waals surface area contributed by atoms with Crippen LogP contribution in [0, 0.1) is 11.3 Å². The lowest BCUT2D eigenvalue weighted by molar-refractivity contribution is 0.431. The van der Waals surface area contributed by atoms with Crippen molar-refractivity contribution in [3.05, 3.63) is 61.2 Å². The average Bonchev–Trinajstić information content (AvgIpc) is 2.92. The molecule has 0 aliphatic heterocycles. The Labute approximate surface area is 106 Å². The zero-order chi connectivity index (χ0) is 12.8. The molecule has 4 heteroatoms. The molecule has 0 aliphatic rings. The van der Waals surface area contributed by atoms with Gasteiger partial charge in [0.2, 0.25) is 0 Å². The van der Waals surface area contributed by atoms with E-state index in [0.717, 1.165) is 5.56 Å². The van der Waals surface area contributed by atoms with E-state index in [1.165, 1.54) is 6.33 Å². The maximum atomic E-state index is 9.60. The second-order valence-corrected chi connectivity index (χ2v) is 4.15. The van der Waals surface area contributed by atoms with Crippen molar-refractivity contribution in [1.82, 2.24) is 14.8 Å². The van der Waals surface area contributed by atoms with Crippen LogP contribution in [0.4, 0.5) is 0 Å². The standard InChI is InChI=1S/C14H14N4/c1-2-8-14(9-15,10-18-12-16-11-17-18)13-6-4-3-5-7-13/h2-7,11-12H,1,8,10H2. The van der Waals surface area contributed by atoms with E-state index in [0.29, 0.717) is 13.0 Å². The number of allylic oxidation sites excluding steroid dienone is 1. The van der Waals surface area contributed by atoms with Crippen molar-refractivity contribution in [3.63, 3.8) is 0 Å². The zero-order valence-electron chi connectivity index (χ0n) is 10.0. The highest BCUT2D eigenvalue weighted by molar-refractivity contribution is 5.33. The van der Waals surface area contributed by atoms with E-state index in [2.05, 4.69) is 22.7 Å². The van der Waals surface area contributed by atoms with E-state index in [1.54, 1.807) is 17.1 Å². The molecule has 0 radical (unpaired) electrons. The van der Waals surface area contributed by atoms with Crippen molar-refractivity contribution >= 4 is 0 Å². The third-order valence-electron chi connectivity index (χ3n) is 2.93. The molecule has 0 aliphatic carbocycles. The summed E-state index contributed by atoms with van der Waals surface area (Å²) in [6.45, 7) is 4.22. The van der Waals surface area contributed by atoms with Gasteiger partial charge >= 0.3 is 0 Å². The van der Waals surface area contributed by atoms with Gasteiger partial charge < -0.3 is 0 Å². The number of benzene rings is 1. The fraction of sp³-hybridized carbons (Fsp3) is 0.214. The van der Waals surface area contributed by atoms with Crippen LogP contribution in [0.5, 0.6) is 0 Å². The predicted octanol–water partition coefficient (Wildman–Crippen LogP) is 2.32. The number of nitrogens with zero attached hydrogens (tertiary/aromatic N) is 4.